The maximum absolute atomic E-state index is 14.0. The number of carboxylic acid groups (broad SMARTS) is 1. The van der Waals surface area contributed by atoms with Crippen LogP contribution in [0.5, 0.6) is 5.75 Å². The summed E-state index contributed by atoms with van der Waals surface area (Å²) in [6, 6.07) is 5.72. The van der Waals surface area contributed by atoms with E-state index >= 15 is 0 Å². The number of aliphatic carboxylic acids is 1. The van der Waals surface area contributed by atoms with Crippen molar-refractivity contribution in [2.24, 2.45) is 10.3 Å². The van der Waals surface area contributed by atoms with Gasteiger partial charge in [-0.2, -0.15) is 4.68 Å². The second-order valence-electron chi connectivity index (χ2n) is 21.3. The lowest BCUT2D eigenvalue weighted by atomic mass is 9.89. The molecule has 0 aliphatic carbocycles. The standard InChI is InChI=1S/C46H69N9O11SSi/c1-42(2,3)62-38(58)46(13,66-52-36(37(56)57)33-28-67-39(50-33)51-41(60)64-44(7,8)9)35-20-18-30-23-29(17-19-34(30)61-35)31-25-54(22-16-21-49-53-47)55(26-31)27-32(65-68(14,15)45(10,11)12)24-48-40(59)63-43(4,5)6/h17,19,23,25-26,28,32,35H,16,18,20-22,24,27H2,1-15H3,(H2-,48,50,51,56,57,59,60)/p+1/b52-36-/t32-,35+,46-/m0/s1. The molecule has 374 valence electrons. The summed E-state index contributed by atoms with van der Waals surface area (Å²) in [7, 11) is -2.32. The van der Waals surface area contributed by atoms with Gasteiger partial charge in [-0.15, -0.1) is 16.0 Å². The number of hydrogen-bond acceptors (Lipinski definition) is 14. The Morgan fingerprint density at radius 3 is 2.24 bits per heavy atom. The van der Waals surface area contributed by atoms with Crippen molar-refractivity contribution in [3.8, 4) is 16.9 Å². The number of amides is 2. The fourth-order valence-electron chi connectivity index (χ4n) is 6.54. The largest absolute Gasteiger partial charge is 0.485 e. The highest BCUT2D eigenvalue weighted by Crippen LogP contribution is 2.39. The number of ether oxygens (including phenoxy) is 4. The first-order valence-corrected chi connectivity index (χ1v) is 26.3. The highest BCUT2D eigenvalue weighted by molar-refractivity contribution is 7.14. The van der Waals surface area contributed by atoms with Gasteiger partial charge >= 0.3 is 24.1 Å². The van der Waals surface area contributed by atoms with Gasteiger partial charge in [-0.3, -0.25) is 5.32 Å². The number of nitrogens with zero attached hydrogens (tertiary/aromatic N) is 7. The van der Waals surface area contributed by atoms with Crippen LogP contribution in [0, 0.1) is 0 Å². The minimum atomic E-state index is -2.32. The average Bonchev–Trinajstić information content (AvgIpc) is 3.82. The van der Waals surface area contributed by atoms with Crippen molar-refractivity contribution in [3.63, 3.8) is 0 Å². The Morgan fingerprint density at radius 1 is 0.985 bits per heavy atom. The van der Waals surface area contributed by atoms with Gasteiger partial charge in [-0.1, -0.05) is 37.1 Å². The Kier molecular flexibility index (Phi) is 17.5. The van der Waals surface area contributed by atoms with Crippen molar-refractivity contribution in [2.45, 2.75) is 175 Å². The highest BCUT2D eigenvalue weighted by Gasteiger charge is 2.51. The number of hydrogen-bond donors (Lipinski definition) is 3. The smallest absolute Gasteiger partial charge is 0.413 e. The number of carbonyl (C=O) groups is 4. The van der Waals surface area contributed by atoms with Gasteiger partial charge in [0.15, 0.2) is 26.1 Å². The molecule has 3 aromatic rings. The Bertz CT molecular complexity index is 2370. The number of benzene rings is 1. The lowest BCUT2D eigenvalue weighted by Gasteiger charge is -2.39. The quantitative estimate of drug-likeness (QED) is 0.0103. The molecule has 0 spiro atoms. The van der Waals surface area contributed by atoms with Gasteiger partial charge in [0, 0.05) is 29.8 Å². The molecule has 2 amide bonds. The van der Waals surface area contributed by atoms with E-state index in [-0.39, 0.29) is 28.8 Å². The van der Waals surface area contributed by atoms with Crippen molar-refractivity contribution in [2.75, 3.05) is 18.4 Å². The minimum Gasteiger partial charge on any atom is -0.485 e. The zero-order valence-electron chi connectivity index (χ0n) is 42.1. The van der Waals surface area contributed by atoms with Crippen molar-refractivity contribution in [3.05, 3.63) is 57.7 Å². The summed E-state index contributed by atoms with van der Waals surface area (Å²) >= 11 is 0.954. The molecule has 0 saturated heterocycles. The van der Waals surface area contributed by atoms with Crippen LogP contribution in [0.15, 0.2) is 46.2 Å². The van der Waals surface area contributed by atoms with Crippen LogP contribution in [0.4, 0.5) is 14.7 Å². The summed E-state index contributed by atoms with van der Waals surface area (Å²) in [6.45, 7) is 29.3. The van der Waals surface area contributed by atoms with Crippen molar-refractivity contribution in [1.82, 2.24) is 15.0 Å². The molecule has 0 radical (unpaired) electrons. The Balaban J connectivity index is 1.66. The Morgan fingerprint density at radius 2 is 1.63 bits per heavy atom. The van der Waals surface area contributed by atoms with E-state index in [0.29, 0.717) is 38.2 Å². The summed E-state index contributed by atoms with van der Waals surface area (Å²) in [5, 5.41) is 24.6. The second-order valence-corrected chi connectivity index (χ2v) is 26.9. The lowest BCUT2D eigenvalue weighted by molar-refractivity contribution is -0.775. The van der Waals surface area contributed by atoms with Crippen molar-refractivity contribution >= 4 is 54.6 Å². The third kappa shape index (κ3) is 15.9. The predicted molar refractivity (Wildman–Crippen MR) is 259 cm³/mol. The molecule has 1 aliphatic heterocycles. The Hall–Kier alpha value is -5.70. The van der Waals surface area contributed by atoms with Crippen LogP contribution in [0.1, 0.15) is 114 Å². The average molecular weight is 985 g/mol. The number of aryl methyl sites for hydroxylation is 2. The Labute approximate surface area is 403 Å². The van der Waals surface area contributed by atoms with E-state index in [1.807, 2.05) is 60.7 Å². The van der Waals surface area contributed by atoms with E-state index < -0.39 is 72.8 Å². The number of oxime groups is 1. The molecule has 3 atom stereocenters. The fraction of sp³-hybridized carbons (Fsp3) is 0.630. The minimum absolute atomic E-state index is 0.0637. The molecular formula is C46H70N9O11SSi+. The molecule has 68 heavy (non-hydrogen) atoms. The van der Waals surface area contributed by atoms with Gasteiger partial charge < -0.3 is 38.6 Å². The summed E-state index contributed by atoms with van der Waals surface area (Å²) in [5.74, 6) is -1.83. The third-order valence-electron chi connectivity index (χ3n) is 10.8. The highest BCUT2D eigenvalue weighted by atomic mass is 32.1. The number of thiazole rings is 1. The molecular weight excluding hydrogens is 915 g/mol. The van der Waals surface area contributed by atoms with Gasteiger partial charge in [0.05, 0.1) is 17.9 Å². The first kappa shape index (κ1) is 54.9. The number of carboxylic acids is 1. The number of aromatic nitrogens is 3. The summed E-state index contributed by atoms with van der Waals surface area (Å²) in [6.07, 6.45) is 2.62. The van der Waals surface area contributed by atoms with Gasteiger partial charge in [0.25, 0.3) is 5.60 Å². The van der Waals surface area contributed by atoms with Crippen LogP contribution in [-0.2, 0) is 52.6 Å². The number of anilines is 1. The molecule has 4 rings (SSSR count). The number of esters is 1. The first-order valence-electron chi connectivity index (χ1n) is 22.5. The number of rotatable bonds is 18. The normalized spacial score (nSPS) is 15.9. The molecule has 0 fully saturated rings. The molecule has 2 aromatic heterocycles. The molecule has 1 aliphatic rings. The predicted octanol–water partition coefficient (Wildman–Crippen LogP) is 9.16. The molecule has 0 bridgehead atoms. The number of alkyl carbamates (subject to hydrolysis) is 1. The van der Waals surface area contributed by atoms with Crippen LogP contribution in [0.25, 0.3) is 21.6 Å². The van der Waals surface area contributed by atoms with E-state index in [4.69, 9.17) is 33.7 Å². The summed E-state index contributed by atoms with van der Waals surface area (Å²) in [5.41, 5.74) is 6.50. The van der Waals surface area contributed by atoms with E-state index in [0.717, 1.165) is 28.0 Å². The fourth-order valence-corrected chi connectivity index (χ4v) is 8.56. The molecule has 22 heteroatoms. The van der Waals surface area contributed by atoms with Crippen LogP contribution >= 0.6 is 11.3 Å². The molecule has 20 nitrogen and oxygen atoms in total. The van der Waals surface area contributed by atoms with Gasteiger partial charge in [-0.05, 0) is 129 Å². The van der Waals surface area contributed by atoms with E-state index in [2.05, 4.69) is 64.7 Å². The monoisotopic (exact) mass is 984 g/mol. The summed E-state index contributed by atoms with van der Waals surface area (Å²) in [4.78, 5) is 64.6. The van der Waals surface area contributed by atoms with Crippen LogP contribution in [0.3, 0.4) is 0 Å². The number of azide groups is 1. The summed E-state index contributed by atoms with van der Waals surface area (Å²) < 4.78 is 34.1. The first-order chi connectivity index (χ1) is 31.3. The van der Waals surface area contributed by atoms with Gasteiger partial charge in [0.2, 0.25) is 11.9 Å². The lowest BCUT2D eigenvalue weighted by Crippen LogP contribution is -2.54. The number of carbonyl (C=O) groups excluding carboxylic acids is 3. The molecule has 1 aromatic carbocycles. The number of fused-ring (bicyclic) bond motifs is 1. The molecule has 3 heterocycles. The maximum atomic E-state index is 14.0. The van der Waals surface area contributed by atoms with Crippen LogP contribution in [-0.4, -0.2) is 101 Å². The van der Waals surface area contributed by atoms with Crippen molar-refractivity contribution < 1.29 is 57.2 Å². The third-order valence-corrected chi connectivity index (χ3v) is 16.1. The van der Waals surface area contributed by atoms with Crippen molar-refractivity contribution in [1.29, 1.82) is 0 Å². The zero-order valence-corrected chi connectivity index (χ0v) is 44.0. The van der Waals surface area contributed by atoms with Crippen LogP contribution in [0.2, 0.25) is 18.1 Å². The van der Waals surface area contributed by atoms with Gasteiger partial charge in [0.1, 0.15) is 34.8 Å². The second kappa shape index (κ2) is 21.7. The van der Waals surface area contributed by atoms with E-state index in [9.17, 15) is 24.3 Å². The zero-order chi connectivity index (χ0) is 51.0. The van der Waals surface area contributed by atoms with Crippen LogP contribution < -0.4 is 20.1 Å². The maximum Gasteiger partial charge on any atom is 0.413 e. The molecule has 3 N–H and O–H groups in total. The molecule has 0 unspecified atom stereocenters. The SMILES string of the molecule is CC(C)(C)OC(=O)NC[C@@H](Cn1cc(-c2ccc3c(c2)CC[C@H]([C@](C)(O/N=C(\C(=O)O)c2csc(NC(=O)OC(C)(C)C)n2)C(=O)OC(C)(C)C)O3)c[n+]1CCCN=[N+]=[N-])O[Si](C)(C)C(C)(C)C. The van der Waals surface area contributed by atoms with E-state index in [1.54, 1.807) is 41.5 Å². The number of nitrogens with one attached hydrogen (secondary N) is 2. The van der Waals surface area contributed by atoms with E-state index in [1.165, 1.54) is 12.3 Å². The molecule has 0 saturated carbocycles. The topological polar surface area (TPSA) is 251 Å². The van der Waals surface area contributed by atoms with Gasteiger partial charge in [-0.25, -0.2) is 24.2 Å².